The van der Waals surface area contributed by atoms with Crippen LogP contribution in [0.15, 0.2) is 31.0 Å². The first-order chi connectivity index (χ1) is 12.8. The van der Waals surface area contributed by atoms with Crippen LogP contribution in [0.3, 0.4) is 0 Å². The number of carbonyl (C=O) groups is 1. The summed E-state index contributed by atoms with van der Waals surface area (Å²) in [5, 5.41) is 15.5. The maximum absolute atomic E-state index is 12.4. The maximum atomic E-state index is 12.4. The lowest BCUT2D eigenvalue weighted by Gasteiger charge is -2.08. The molecule has 0 bridgehead atoms. The lowest BCUT2D eigenvalue weighted by Crippen LogP contribution is -2.26. The topological polar surface area (TPSA) is 103 Å². The molecule has 0 aromatic carbocycles. The van der Waals surface area contributed by atoms with Crippen LogP contribution in [0.2, 0.25) is 0 Å². The van der Waals surface area contributed by atoms with Gasteiger partial charge in [0.2, 0.25) is 0 Å². The van der Waals surface area contributed by atoms with E-state index in [1.54, 1.807) is 24.7 Å². The molecule has 1 amide bonds. The largest absolute Gasteiger partial charge is 0.352 e. The van der Waals surface area contributed by atoms with Gasteiger partial charge in [-0.15, -0.1) is 10.2 Å². The monoisotopic (exact) mass is 352 g/mol. The Morgan fingerprint density at radius 2 is 2.19 bits per heavy atom. The van der Waals surface area contributed by atoms with Gasteiger partial charge < -0.3 is 9.88 Å². The second-order valence-electron chi connectivity index (χ2n) is 6.24. The summed E-state index contributed by atoms with van der Waals surface area (Å²) in [5.74, 6) is 2.41. The normalized spacial score (nSPS) is 13.8. The number of fused-ring (bicyclic) bond motifs is 1. The molecular formula is C17H20N8O. The van der Waals surface area contributed by atoms with E-state index in [1.165, 1.54) is 23.9 Å². The molecule has 0 saturated carbocycles. The van der Waals surface area contributed by atoms with Crippen molar-refractivity contribution in [1.82, 2.24) is 39.8 Å². The van der Waals surface area contributed by atoms with Crippen molar-refractivity contribution in [2.45, 2.75) is 38.6 Å². The number of nitrogens with zero attached hydrogens (tertiary/aromatic N) is 7. The molecule has 0 unspecified atom stereocenters. The molecule has 3 aromatic rings. The van der Waals surface area contributed by atoms with Gasteiger partial charge in [-0.3, -0.25) is 4.79 Å². The van der Waals surface area contributed by atoms with E-state index in [1.807, 2.05) is 0 Å². The summed E-state index contributed by atoms with van der Waals surface area (Å²) in [6.07, 6.45) is 9.77. The standard InChI is InChI=1S/C17H20N8O/c26-17(13-5-7-19-16(10-13)25-12-18-11-21-25)20-8-6-15-23-22-14-4-2-1-3-9-24(14)15/h5,7,10-12H,1-4,6,8-9H2,(H,20,26). The van der Waals surface area contributed by atoms with Gasteiger partial charge in [-0.05, 0) is 25.0 Å². The molecule has 134 valence electrons. The van der Waals surface area contributed by atoms with Crippen LogP contribution in [0.1, 0.15) is 41.3 Å². The van der Waals surface area contributed by atoms with E-state index in [9.17, 15) is 4.79 Å². The Morgan fingerprint density at radius 3 is 3.08 bits per heavy atom. The van der Waals surface area contributed by atoms with E-state index in [0.29, 0.717) is 24.3 Å². The summed E-state index contributed by atoms with van der Waals surface area (Å²) in [6.45, 7) is 1.48. The molecule has 4 rings (SSSR count). The summed E-state index contributed by atoms with van der Waals surface area (Å²) in [4.78, 5) is 20.5. The SMILES string of the molecule is O=C(NCCc1nnc2n1CCCCC2)c1ccnc(-n2cncn2)c1. The second kappa shape index (κ2) is 7.42. The lowest BCUT2D eigenvalue weighted by molar-refractivity contribution is 0.0953. The number of pyridine rings is 1. The van der Waals surface area contributed by atoms with Crippen molar-refractivity contribution in [2.24, 2.45) is 0 Å². The molecule has 0 radical (unpaired) electrons. The highest BCUT2D eigenvalue weighted by Gasteiger charge is 2.15. The summed E-state index contributed by atoms with van der Waals surface area (Å²) >= 11 is 0. The fourth-order valence-electron chi connectivity index (χ4n) is 3.13. The van der Waals surface area contributed by atoms with Crippen molar-refractivity contribution in [3.63, 3.8) is 0 Å². The molecular weight excluding hydrogens is 332 g/mol. The van der Waals surface area contributed by atoms with Crippen molar-refractivity contribution in [1.29, 1.82) is 0 Å². The van der Waals surface area contributed by atoms with Gasteiger partial charge in [0.15, 0.2) is 5.82 Å². The van der Waals surface area contributed by atoms with Crippen molar-refractivity contribution in [3.05, 3.63) is 48.2 Å². The number of rotatable bonds is 5. The summed E-state index contributed by atoms with van der Waals surface area (Å²) in [6, 6.07) is 3.37. The molecule has 9 nitrogen and oxygen atoms in total. The first kappa shape index (κ1) is 16.4. The van der Waals surface area contributed by atoms with Crippen molar-refractivity contribution in [3.8, 4) is 5.82 Å². The van der Waals surface area contributed by atoms with Crippen LogP contribution >= 0.6 is 0 Å². The third-order valence-corrected chi connectivity index (χ3v) is 4.48. The van der Waals surface area contributed by atoms with Crippen LogP contribution in [0.5, 0.6) is 0 Å². The minimum atomic E-state index is -0.149. The smallest absolute Gasteiger partial charge is 0.251 e. The summed E-state index contributed by atoms with van der Waals surface area (Å²) in [7, 11) is 0. The number of carbonyl (C=O) groups excluding carboxylic acids is 1. The first-order valence-electron chi connectivity index (χ1n) is 8.81. The minimum Gasteiger partial charge on any atom is -0.352 e. The third-order valence-electron chi connectivity index (χ3n) is 4.48. The van der Waals surface area contributed by atoms with Crippen LogP contribution in [-0.4, -0.2) is 47.0 Å². The lowest BCUT2D eigenvalue weighted by atomic mass is 10.2. The van der Waals surface area contributed by atoms with Crippen LogP contribution in [0.4, 0.5) is 0 Å². The fraction of sp³-hybridized carbons (Fsp3) is 0.412. The predicted octanol–water partition coefficient (Wildman–Crippen LogP) is 0.953. The van der Waals surface area contributed by atoms with Gasteiger partial charge >= 0.3 is 0 Å². The van der Waals surface area contributed by atoms with Crippen molar-refractivity contribution >= 4 is 5.91 Å². The van der Waals surface area contributed by atoms with Gasteiger partial charge in [-0.2, -0.15) is 5.10 Å². The third kappa shape index (κ3) is 3.46. The highest BCUT2D eigenvalue weighted by molar-refractivity contribution is 5.94. The van der Waals surface area contributed by atoms with Gasteiger partial charge in [0.25, 0.3) is 5.91 Å². The van der Waals surface area contributed by atoms with Crippen LogP contribution in [0, 0.1) is 0 Å². The van der Waals surface area contributed by atoms with E-state index >= 15 is 0 Å². The Morgan fingerprint density at radius 1 is 1.23 bits per heavy atom. The van der Waals surface area contributed by atoms with Gasteiger partial charge in [0, 0.05) is 37.7 Å². The Balaban J connectivity index is 1.38. The van der Waals surface area contributed by atoms with Crippen LogP contribution < -0.4 is 5.32 Å². The minimum absolute atomic E-state index is 0.149. The van der Waals surface area contributed by atoms with Gasteiger partial charge in [-0.25, -0.2) is 14.6 Å². The molecule has 1 aliphatic rings. The van der Waals surface area contributed by atoms with Crippen molar-refractivity contribution in [2.75, 3.05) is 6.54 Å². The Kier molecular flexibility index (Phi) is 4.67. The number of hydrogen-bond donors (Lipinski definition) is 1. The van der Waals surface area contributed by atoms with Crippen LogP contribution in [-0.2, 0) is 19.4 Å². The van der Waals surface area contributed by atoms with Crippen LogP contribution in [0.25, 0.3) is 5.82 Å². The Hall–Kier alpha value is -3.10. The number of aromatic nitrogens is 7. The number of aryl methyl sites for hydroxylation is 1. The average molecular weight is 352 g/mol. The van der Waals surface area contributed by atoms with E-state index < -0.39 is 0 Å². The predicted molar refractivity (Wildman–Crippen MR) is 92.8 cm³/mol. The maximum Gasteiger partial charge on any atom is 0.251 e. The molecule has 0 fully saturated rings. The van der Waals surface area contributed by atoms with Gasteiger partial charge in [-0.1, -0.05) is 6.42 Å². The summed E-state index contributed by atoms with van der Waals surface area (Å²) < 4.78 is 3.72. The molecule has 3 aromatic heterocycles. The van der Waals surface area contributed by atoms with Crippen molar-refractivity contribution < 1.29 is 4.79 Å². The quantitative estimate of drug-likeness (QED) is 0.733. The fourth-order valence-corrected chi connectivity index (χ4v) is 3.13. The number of hydrogen-bond acceptors (Lipinski definition) is 6. The molecule has 1 aliphatic heterocycles. The highest BCUT2D eigenvalue weighted by atomic mass is 16.1. The van der Waals surface area contributed by atoms with Gasteiger partial charge in [0.05, 0.1) is 0 Å². The molecule has 0 spiro atoms. The average Bonchev–Trinajstić information content (AvgIpc) is 3.27. The number of amides is 1. The zero-order valence-electron chi connectivity index (χ0n) is 14.4. The second-order valence-corrected chi connectivity index (χ2v) is 6.24. The molecule has 0 aliphatic carbocycles. The molecule has 1 N–H and O–H groups in total. The van der Waals surface area contributed by atoms with E-state index in [0.717, 1.165) is 31.0 Å². The van der Waals surface area contributed by atoms with E-state index in [2.05, 4.69) is 35.1 Å². The van der Waals surface area contributed by atoms with E-state index in [-0.39, 0.29) is 5.91 Å². The zero-order chi connectivity index (χ0) is 17.8. The zero-order valence-corrected chi connectivity index (χ0v) is 14.4. The first-order valence-corrected chi connectivity index (χ1v) is 8.81. The molecule has 9 heteroatoms. The Labute approximate surface area is 150 Å². The highest BCUT2D eigenvalue weighted by Crippen LogP contribution is 2.14. The van der Waals surface area contributed by atoms with Gasteiger partial charge in [0.1, 0.15) is 24.3 Å². The Bertz CT molecular complexity index is 886. The summed E-state index contributed by atoms with van der Waals surface area (Å²) in [5.41, 5.74) is 0.533. The molecule has 26 heavy (non-hydrogen) atoms. The molecule has 0 saturated heterocycles. The molecule has 0 atom stereocenters. The van der Waals surface area contributed by atoms with E-state index in [4.69, 9.17) is 0 Å². The number of nitrogens with one attached hydrogen (secondary N) is 1. The molecule has 4 heterocycles.